The lowest BCUT2D eigenvalue weighted by atomic mass is 9.92. The number of para-hydroxylation sites is 2. The van der Waals surface area contributed by atoms with Crippen molar-refractivity contribution in [3.8, 4) is 50.5 Å². The average molecular weight is 702 g/mol. The Bertz CT molecular complexity index is 2810. The Morgan fingerprint density at radius 2 is 1.09 bits per heavy atom. The van der Waals surface area contributed by atoms with Gasteiger partial charge in [-0.1, -0.05) is 155 Å². The molecule has 0 spiro atoms. The molecule has 2 heterocycles. The second kappa shape index (κ2) is 13.3. The summed E-state index contributed by atoms with van der Waals surface area (Å²) in [5.74, 6) is 1.76. The van der Waals surface area contributed by atoms with E-state index < -0.39 is 0 Å². The predicted octanol–water partition coefficient (Wildman–Crippen LogP) is 13.6. The Balaban J connectivity index is 1.37. The lowest BCUT2D eigenvalue weighted by molar-refractivity contribution is -0.633. The smallest absolute Gasteiger partial charge is 0.299 e. The highest BCUT2D eigenvalue weighted by molar-refractivity contribution is 6.13. The number of nitrogens with zero attached hydrogens (tertiary/aromatic N) is 2. The van der Waals surface area contributed by atoms with E-state index in [0.717, 1.165) is 44.5 Å². The van der Waals surface area contributed by atoms with E-state index >= 15 is 0 Å². The molecule has 0 fully saturated rings. The average Bonchev–Trinajstić information content (AvgIpc) is 3.72. The number of hydrogen-bond donors (Lipinski definition) is 0. The molecule has 7 aromatic carbocycles. The third kappa shape index (κ3) is 5.46. The highest BCUT2D eigenvalue weighted by Gasteiger charge is 2.34. The zero-order valence-electron chi connectivity index (χ0n) is 31.9. The third-order valence-corrected chi connectivity index (χ3v) is 11.2. The summed E-state index contributed by atoms with van der Waals surface area (Å²) < 4.78 is 12.1. The van der Waals surface area contributed by atoms with E-state index in [-0.39, 0.29) is 0 Å². The number of benzene rings is 7. The van der Waals surface area contributed by atoms with Crippen LogP contribution in [-0.2, 0) is 7.05 Å². The zero-order valence-corrected chi connectivity index (χ0v) is 31.9. The minimum Gasteiger partial charge on any atom is -0.454 e. The molecule has 54 heavy (non-hydrogen) atoms. The van der Waals surface area contributed by atoms with E-state index in [9.17, 15) is 0 Å². The maximum Gasteiger partial charge on any atom is 0.299 e. The molecule has 9 rings (SSSR count). The zero-order chi connectivity index (χ0) is 37.1. The minimum atomic E-state index is 0.323. The van der Waals surface area contributed by atoms with Gasteiger partial charge in [0.15, 0.2) is 16.6 Å². The Kier molecular flexibility index (Phi) is 8.31. The van der Waals surface area contributed by atoms with E-state index in [1.165, 1.54) is 55.7 Å². The highest BCUT2D eigenvalue weighted by Crippen LogP contribution is 2.44. The molecule has 0 N–H and O–H groups in total. The van der Waals surface area contributed by atoms with Gasteiger partial charge in [0.25, 0.3) is 5.82 Å². The fraction of sp³-hybridized carbons (Fsp3) is 0.157. The van der Waals surface area contributed by atoms with Crippen LogP contribution in [0.4, 0.5) is 0 Å². The summed E-state index contributed by atoms with van der Waals surface area (Å²) in [6.45, 7) is 11.5. The lowest BCUT2D eigenvalue weighted by Gasteiger charge is -2.18. The molecule has 0 unspecified atom stereocenters. The van der Waals surface area contributed by atoms with E-state index in [2.05, 4.69) is 202 Å². The van der Waals surface area contributed by atoms with Gasteiger partial charge in [-0.3, -0.25) is 0 Å². The van der Waals surface area contributed by atoms with Crippen molar-refractivity contribution in [1.29, 1.82) is 0 Å². The Morgan fingerprint density at radius 3 is 1.76 bits per heavy atom. The van der Waals surface area contributed by atoms with Crippen molar-refractivity contribution in [2.75, 3.05) is 0 Å². The van der Waals surface area contributed by atoms with Gasteiger partial charge in [0.05, 0.1) is 7.05 Å². The first kappa shape index (κ1) is 33.6. The molecule has 9 aromatic rings. The first-order valence-corrected chi connectivity index (χ1v) is 19.1. The van der Waals surface area contributed by atoms with Crippen molar-refractivity contribution >= 4 is 33.0 Å². The summed E-state index contributed by atoms with van der Waals surface area (Å²) in [6, 6.07) is 55.0. The third-order valence-electron chi connectivity index (χ3n) is 11.2. The van der Waals surface area contributed by atoms with Gasteiger partial charge in [-0.15, -0.1) is 0 Å². The normalized spacial score (nSPS) is 11.9. The van der Waals surface area contributed by atoms with Crippen LogP contribution in [-0.4, -0.2) is 4.57 Å². The van der Waals surface area contributed by atoms with E-state index in [1.54, 1.807) is 0 Å². The van der Waals surface area contributed by atoms with Gasteiger partial charge in [-0.05, 0) is 76.4 Å². The van der Waals surface area contributed by atoms with Gasteiger partial charge in [-0.25, -0.2) is 4.57 Å². The molecule has 3 heteroatoms. The number of aryl methyl sites for hydroxylation is 2. The Hall–Kier alpha value is -6.19. The fourth-order valence-electron chi connectivity index (χ4n) is 8.41. The van der Waals surface area contributed by atoms with Crippen LogP contribution in [0.5, 0.6) is 0 Å². The molecule has 0 amide bonds. The standard InChI is InChI=1S/C51H45N2O/c1-32(2)40-22-14-23-41(33(3)4)48(40)53-46-31-38(36-18-11-8-12-19-36)27-29-45(46)52(6)51(53)47-34(5)26-28-44-43-25-15-24-42(49(43)54-50(44)47)39-21-13-20-37(30-39)35-16-9-7-10-17-35/h7-33H,1-6H3/q+1. The van der Waals surface area contributed by atoms with E-state index in [0.29, 0.717) is 11.8 Å². The number of hydrogen-bond acceptors (Lipinski definition) is 1. The van der Waals surface area contributed by atoms with Gasteiger partial charge in [0, 0.05) is 27.5 Å². The molecular weight excluding hydrogens is 657 g/mol. The first-order valence-electron chi connectivity index (χ1n) is 19.1. The first-order chi connectivity index (χ1) is 26.3. The molecule has 0 radical (unpaired) electrons. The number of aromatic nitrogens is 2. The van der Waals surface area contributed by atoms with Crippen LogP contribution < -0.4 is 4.57 Å². The Labute approximate surface area is 317 Å². The van der Waals surface area contributed by atoms with Crippen LogP contribution in [0.1, 0.15) is 56.2 Å². The second-order valence-corrected chi connectivity index (χ2v) is 15.2. The van der Waals surface area contributed by atoms with Crippen molar-refractivity contribution in [3.05, 3.63) is 168 Å². The van der Waals surface area contributed by atoms with Gasteiger partial charge >= 0.3 is 0 Å². The van der Waals surface area contributed by atoms with Crippen LogP contribution in [0.3, 0.4) is 0 Å². The number of furan rings is 1. The van der Waals surface area contributed by atoms with Crippen LogP contribution in [0, 0.1) is 6.92 Å². The van der Waals surface area contributed by atoms with E-state index in [1.807, 2.05) is 0 Å². The topological polar surface area (TPSA) is 21.9 Å². The Morgan fingerprint density at radius 1 is 0.519 bits per heavy atom. The second-order valence-electron chi connectivity index (χ2n) is 15.2. The van der Waals surface area contributed by atoms with Gasteiger partial charge in [-0.2, -0.15) is 4.57 Å². The summed E-state index contributed by atoms with van der Waals surface area (Å²) in [6.07, 6.45) is 0. The van der Waals surface area contributed by atoms with Gasteiger partial charge in [0.1, 0.15) is 16.8 Å². The summed E-state index contributed by atoms with van der Waals surface area (Å²) in [7, 11) is 2.21. The molecule has 0 aliphatic carbocycles. The highest BCUT2D eigenvalue weighted by atomic mass is 16.3. The summed E-state index contributed by atoms with van der Waals surface area (Å²) in [5, 5.41) is 2.24. The van der Waals surface area contributed by atoms with Crippen LogP contribution in [0.25, 0.3) is 83.4 Å². The number of imidazole rings is 1. The summed E-state index contributed by atoms with van der Waals surface area (Å²) in [4.78, 5) is 0. The van der Waals surface area contributed by atoms with E-state index in [4.69, 9.17) is 4.42 Å². The van der Waals surface area contributed by atoms with Crippen molar-refractivity contribution in [2.45, 2.75) is 46.5 Å². The fourth-order valence-corrected chi connectivity index (χ4v) is 8.41. The SMILES string of the molecule is Cc1ccc2c(oc3c(-c4cccc(-c5ccccc5)c4)cccc32)c1-c1n(-c2c(C(C)C)cccc2C(C)C)c2cc(-c3ccccc3)ccc2[n+]1C. The van der Waals surface area contributed by atoms with Crippen molar-refractivity contribution in [1.82, 2.24) is 4.57 Å². The molecule has 0 saturated carbocycles. The molecule has 0 atom stereocenters. The maximum absolute atomic E-state index is 7.21. The monoisotopic (exact) mass is 701 g/mol. The van der Waals surface area contributed by atoms with Gasteiger partial charge in [0.2, 0.25) is 0 Å². The van der Waals surface area contributed by atoms with Crippen LogP contribution in [0.2, 0.25) is 0 Å². The molecule has 0 saturated heterocycles. The van der Waals surface area contributed by atoms with Crippen molar-refractivity contribution in [3.63, 3.8) is 0 Å². The van der Waals surface area contributed by atoms with Crippen LogP contribution >= 0.6 is 0 Å². The van der Waals surface area contributed by atoms with Crippen molar-refractivity contribution in [2.24, 2.45) is 7.05 Å². The molecule has 264 valence electrons. The summed E-state index contributed by atoms with van der Waals surface area (Å²) >= 11 is 0. The lowest BCUT2D eigenvalue weighted by Crippen LogP contribution is -2.30. The number of fused-ring (bicyclic) bond motifs is 4. The maximum atomic E-state index is 7.21. The molecular formula is C51H45N2O+. The quantitative estimate of drug-likeness (QED) is 0.152. The minimum absolute atomic E-state index is 0.323. The number of rotatable bonds is 7. The van der Waals surface area contributed by atoms with Crippen LogP contribution in [0.15, 0.2) is 156 Å². The van der Waals surface area contributed by atoms with Crippen molar-refractivity contribution < 1.29 is 8.98 Å². The molecule has 0 bridgehead atoms. The largest absolute Gasteiger partial charge is 0.454 e. The van der Waals surface area contributed by atoms with Gasteiger partial charge < -0.3 is 4.42 Å². The molecule has 0 aliphatic rings. The molecule has 2 aromatic heterocycles. The molecule has 0 aliphatic heterocycles. The summed E-state index contributed by atoms with van der Waals surface area (Å²) in [5.41, 5.74) is 17.4. The predicted molar refractivity (Wildman–Crippen MR) is 226 cm³/mol. The molecule has 3 nitrogen and oxygen atoms in total.